The second-order valence-corrected chi connectivity index (χ2v) is 1.24. The van der Waals surface area contributed by atoms with E-state index in [4.69, 9.17) is 0 Å². The maximum absolute atomic E-state index is 11.5. The van der Waals surface area contributed by atoms with E-state index in [9.17, 15) is 13.2 Å². The Morgan fingerprint density at radius 1 is 1.60 bits per heavy atom. The minimum atomic E-state index is -4.64. The van der Waals surface area contributed by atoms with Gasteiger partial charge < -0.3 is 9.74 Å². The zero-order valence-corrected chi connectivity index (χ0v) is 5.07. The third-order valence-corrected chi connectivity index (χ3v) is 0.558. The van der Waals surface area contributed by atoms with Crippen LogP contribution >= 0.6 is 0 Å². The molecule has 0 amide bonds. The van der Waals surface area contributed by atoms with Crippen molar-refractivity contribution < 1.29 is 18.0 Å². The van der Waals surface area contributed by atoms with Crippen LogP contribution in [0.25, 0.3) is 0 Å². The molecule has 0 atom stereocenters. The van der Waals surface area contributed by atoms with E-state index < -0.39 is 12.1 Å². The molecular weight excluding hydrogens is 148 g/mol. The molecule has 0 saturated carbocycles. The molecule has 3 nitrogen and oxygen atoms in total. The molecule has 0 heterocycles. The molecule has 0 aliphatic rings. The van der Waals surface area contributed by atoms with E-state index in [1.54, 1.807) is 5.48 Å². The lowest BCUT2D eigenvalue weighted by Crippen LogP contribution is -2.30. The summed E-state index contributed by atoms with van der Waals surface area (Å²) >= 11 is 0. The van der Waals surface area contributed by atoms with Crippen LogP contribution < -0.4 is 5.48 Å². The number of nitrogens with zero attached hydrogens (tertiary/aromatic N) is 1. The van der Waals surface area contributed by atoms with Crippen molar-refractivity contribution in [2.24, 2.45) is 4.90 Å². The van der Waals surface area contributed by atoms with Crippen LogP contribution in [0, 0.1) is 0 Å². The van der Waals surface area contributed by atoms with Crippen LogP contribution in [0.4, 0.5) is 13.2 Å². The van der Waals surface area contributed by atoms with E-state index in [1.165, 1.54) is 0 Å². The van der Waals surface area contributed by atoms with E-state index in [2.05, 4.69) is 17.7 Å². The van der Waals surface area contributed by atoms with Gasteiger partial charge in [-0.3, -0.25) is 0 Å². The highest BCUT2D eigenvalue weighted by Crippen LogP contribution is 2.16. The van der Waals surface area contributed by atoms with Gasteiger partial charge in [-0.25, -0.2) is 0 Å². The highest BCUT2D eigenvalue weighted by molar-refractivity contribution is 6.12. The van der Waals surface area contributed by atoms with E-state index in [-0.39, 0.29) is 0 Å². The van der Waals surface area contributed by atoms with Crippen molar-refractivity contribution in [1.82, 2.24) is 5.48 Å². The Morgan fingerprint density at radius 3 is 2.20 bits per heavy atom. The third-order valence-electron chi connectivity index (χ3n) is 0.558. The average Bonchev–Trinajstić information content (AvgIpc) is 1.80. The maximum atomic E-state index is 11.5. The largest absolute Gasteiger partial charge is 0.469 e. The number of alkyl halides is 3. The summed E-state index contributed by atoms with van der Waals surface area (Å²) in [7, 11) is 5.51. The van der Waals surface area contributed by atoms with Gasteiger partial charge in [-0.2, -0.15) is 18.7 Å². The third kappa shape index (κ3) is 2.72. The smallest absolute Gasteiger partial charge is 0.385 e. The second-order valence-electron chi connectivity index (χ2n) is 1.24. The summed E-state index contributed by atoms with van der Waals surface area (Å²) in [4.78, 5) is 6.16. The summed E-state index contributed by atoms with van der Waals surface area (Å²) in [6.07, 6.45) is -4.64. The zero-order chi connectivity index (χ0) is 8.20. The lowest BCUT2D eigenvalue weighted by molar-refractivity contribution is -0.0834. The Bertz CT molecular complexity index is 134. The van der Waals surface area contributed by atoms with Gasteiger partial charge in [0, 0.05) is 7.05 Å². The van der Waals surface area contributed by atoms with Crippen molar-refractivity contribution in [3.05, 3.63) is 0 Å². The predicted octanol–water partition coefficient (Wildman–Crippen LogP) is 0.182. The number of hydroxylamine groups is 1. The summed E-state index contributed by atoms with van der Waals surface area (Å²) in [5.74, 6) is -1.50. The van der Waals surface area contributed by atoms with Gasteiger partial charge in [0.1, 0.15) is 0 Å². The fraction of sp³-hybridized carbons (Fsp3) is 0.667. The molecule has 1 N–H and O–H groups in total. The lowest BCUT2D eigenvalue weighted by atomic mass is 10.4. The Hall–Kier alpha value is -0.715. The van der Waals surface area contributed by atoms with Gasteiger partial charge in [0.25, 0.3) is 13.9 Å². The van der Waals surface area contributed by atoms with Crippen LogP contribution in [0.3, 0.4) is 0 Å². The first-order chi connectivity index (χ1) is 4.52. The highest BCUT2D eigenvalue weighted by atomic mass is 19.4. The molecule has 0 aliphatic heterocycles. The molecule has 10 heavy (non-hydrogen) atoms. The van der Waals surface area contributed by atoms with Gasteiger partial charge in [0.15, 0.2) is 0 Å². The van der Waals surface area contributed by atoms with Gasteiger partial charge in [0.05, 0.1) is 0 Å². The molecule has 0 aromatic heterocycles. The standard InChI is InChI=1S/C3H4BF3N2O/c1-8-10-2(9-4)3(5,6)7/h8H,1H3. The normalized spacial score (nSPS) is 13.4. The Balaban J connectivity index is 4.10. The van der Waals surface area contributed by atoms with Crippen LogP contribution in [0.1, 0.15) is 0 Å². The van der Waals surface area contributed by atoms with E-state index in [0.717, 1.165) is 7.05 Å². The summed E-state index contributed by atoms with van der Waals surface area (Å²) in [5.41, 5.74) is 1.79. The summed E-state index contributed by atoms with van der Waals surface area (Å²) in [5, 5.41) is 0. The van der Waals surface area contributed by atoms with Gasteiger partial charge >= 0.3 is 6.18 Å². The fourth-order valence-electron chi connectivity index (χ4n) is 0.254. The van der Waals surface area contributed by atoms with E-state index in [0.29, 0.717) is 0 Å². The lowest BCUT2D eigenvalue weighted by Gasteiger charge is -2.08. The SMILES string of the molecule is [B]N=C(ONC)C(F)(F)F. The van der Waals surface area contributed by atoms with E-state index in [1.807, 2.05) is 0 Å². The predicted molar refractivity (Wildman–Crippen MR) is 29.4 cm³/mol. The first-order valence-corrected chi connectivity index (χ1v) is 2.21. The van der Waals surface area contributed by atoms with Crippen molar-refractivity contribution in [2.75, 3.05) is 7.05 Å². The molecule has 0 unspecified atom stereocenters. The van der Waals surface area contributed by atoms with E-state index >= 15 is 0 Å². The molecule has 0 rings (SSSR count). The molecule has 0 aliphatic carbocycles. The monoisotopic (exact) mass is 152 g/mol. The zero-order valence-electron chi connectivity index (χ0n) is 5.07. The summed E-state index contributed by atoms with van der Waals surface area (Å²) in [6.45, 7) is 0. The number of hydrogen-bond acceptors (Lipinski definition) is 3. The topological polar surface area (TPSA) is 33.6 Å². The van der Waals surface area contributed by atoms with Crippen molar-refractivity contribution in [2.45, 2.75) is 6.18 Å². The summed E-state index contributed by atoms with van der Waals surface area (Å²) < 4.78 is 34.6. The Kier molecular flexibility index (Phi) is 3.21. The Morgan fingerprint density at radius 2 is 2.10 bits per heavy atom. The molecule has 0 saturated heterocycles. The number of halogens is 3. The minimum absolute atomic E-state index is 1.16. The van der Waals surface area contributed by atoms with Crippen molar-refractivity contribution in [3.8, 4) is 0 Å². The molecular formula is C3H4BF3N2O. The van der Waals surface area contributed by atoms with Crippen LogP contribution in [0.2, 0.25) is 0 Å². The average molecular weight is 152 g/mol. The van der Waals surface area contributed by atoms with Crippen LogP contribution in [0.5, 0.6) is 0 Å². The Labute approximate surface area is 56.7 Å². The maximum Gasteiger partial charge on any atom is 0.469 e. The molecule has 0 fully saturated rings. The highest BCUT2D eigenvalue weighted by Gasteiger charge is 2.37. The fourth-order valence-corrected chi connectivity index (χ4v) is 0.254. The first kappa shape index (κ1) is 9.28. The summed E-state index contributed by atoms with van der Waals surface area (Å²) in [6, 6.07) is 0. The van der Waals surface area contributed by atoms with Gasteiger partial charge in [0.2, 0.25) is 0 Å². The minimum Gasteiger partial charge on any atom is -0.385 e. The number of nitrogens with one attached hydrogen (secondary N) is 1. The molecule has 0 aromatic carbocycles. The molecule has 7 heteroatoms. The molecule has 0 bridgehead atoms. The van der Waals surface area contributed by atoms with Gasteiger partial charge in [-0.1, -0.05) is 0 Å². The van der Waals surface area contributed by atoms with Crippen LogP contribution in [-0.2, 0) is 4.84 Å². The van der Waals surface area contributed by atoms with Gasteiger partial charge in [-0.15, -0.1) is 0 Å². The molecule has 0 aromatic rings. The molecule has 56 valence electrons. The van der Waals surface area contributed by atoms with Crippen LogP contribution in [-0.4, -0.2) is 27.1 Å². The van der Waals surface area contributed by atoms with Crippen molar-refractivity contribution in [1.29, 1.82) is 0 Å². The second kappa shape index (κ2) is 3.45. The first-order valence-electron chi connectivity index (χ1n) is 2.21. The molecule has 0 spiro atoms. The van der Waals surface area contributed by atoms with Gasteiger partial charge in [-0.05, 0) is 0 Å². The van der Waals surface area contributed by atoms with Crippen molar-refractivity contribution in [3.63, 3.8) is 0 Å². The number of rotatable bonds is 1. The quantitative estimate of drug-likeness (QED) is 0.251. The molecule has 2 radical (unpaired) electrons. The van der Waals surface area contributed by atoms with Crippen molar-refractivity contribution >= 4 is 13.9 Å². The van der Waals surface area contributed by atoms with Crippen LogP contribution in [0.15, 0.2) is 4.90 Å². The number of hydrogen-bond donors (Lipinski definition) is 1.